The quantitative estimate of drug-likeness (QED) is 0.684. The van der Waals surface area contributed by atoms with Gasteiger partial charge in [0, 0.05) is 5.69 Å². The summed E-state index contributed by atoms with van der Waals surface area (Å²) >= 11 is 5.73. The molecule has 60 valence electrons. The van der Waals surface area contributed by atoms with E-state index in [1.165, 1.54) is 0 Å². The summed E-state index contributed by atoms with van der Waals surface area (Å²) in [6, 6.07) is 3.85. The molecule has 3 heteroatoms. The van der Waals surface area contributed by atoms with Crippen molar-refractivity contribution in [3.05, 3.63) is 28.5 Å². The summed E-state index contributed by atoms with van der Waals surface area (Å²) in [5, 5.41) is 0.549. The fourth-order valence-electron chi connectivity index (χ4n) is 1.01. The SMILES string of the molecule is Cc1cc(CCN)cc(Cl)n1. The van der Waals surface area contributed by atoms with Gasteiger partial charge in [-0.1, -0.05) is 11.6 Å². The molecule has 0 saturated heterocycles. The van der Waals surface area contributed by atoms with Gasteiger partial charge in [0.25, 0.3) is 0 Å². The molecule has 0 aliphatic carbocycles. The first-order chi connectivity index (χ1) is 5.22. The first kappa shape index (κ1) is 8.50. The zero-order valence-corrected chi connectivity index (χ0v) is 7.23. The first-order valence-corrected chi connectivity index (χ1v) is 3.93. The number of hydrogen-bond acceptors (Lipinski definition) is 2. The molecule has 0 unspecified atom stereocenters. The number of nitrogens with two attached hydrogens (primary N) is 1. The number of pyridine rings is 1. The van der Waals surface area contributed by atoms with Crippen molar-refractivity contribution in [3.8, 4) is 0 Å². The molecule has 1 heterocycles. The normalized spacial score (nSPS) is 10.1. The van der Waals surface area contributed by atoms with Gasteiger partial charge in [-0.3, -0.25) is 0 Å². The highest BCUT2D eigenvalue weighted by molar-refractivity contribution is 6.29. The van der Waals surface area contributed by atoms with E-state index >= 15 is 0 Å². The lowest BCUT2D eigenvalue weighted by Crippen LogP contribution is -2.03. The number of halogens is 1. The maximum atomic E-state index is 5.73. The predicted molar refractivity (Wildman–Crippen MR) is 46.7 cm³/mol. The second kappa shape index (κ2) is 3.69. The molecule has 1 aromatic rings. The fraction of sp³-hybridized carbons (Fsp3) is 0.375. The second-order valence-corrected chi connectivity index (χ2v) is 2.87. The Kier molecular flexibility index (Phi) is 2.85. The highest BCUT2D eigenvalue weighted by atomic mass is 35.5. The smallest absolute Gasteiger partial charge is 0.129 e. The molecule has 1 rings (SSSR count). The van der Waals surface area contributed by atoms with Gasteiger partial charge >= 0.3 is 0 Å². The summed E-state index contributed by atoms with van der Waals surface area (Å²) in [6.45, 7) is 2.58. The summed E-state index contributed by atoms with van der Waals surface area (Å²) in [6.07, 6.45) is 0.864. The van der Waals surface area contributed by atoms with E-state index in [4.69, 9.17) is 17.3 Å². The van der Waals surface area contributed by atoms with Crippen LogP contribution in [0.5, 0.6) is 0 Å². The molecular formula is C8H11ClN2. The number of aryl methyl sites for hydroxylation is 1. The van der Waals surface area contributed by atoms with Crippen LogP contribution >= 0.6 is 11.6 Å². The van der Waals surface area contributed by atoms with E-state index in [0.717, 1.165) is 17.7 Å². The van der Waals surface area contributed by atoms with Crippen molar-refractivity contribution in [2.75, 3.05) is 6.54 Å². The Morgan fingerprint density at radius 3 is 2.82 bits per heavy atom. The van der Waals surface area contributed by atoms with Crippen LogP contribution in [-0.4, -0.2) is 11.5 Å². The average Bonchev–Trinajstić information content (AvgIpc) is 1.85. The molecule has 0 radical (unpaired) electrons. The van der Waals surface area contributed by atoms with E-state index in [0.29, 0.717) is 11.7 Å². The Hall–Kier alpha value is -0.600. The van der Waals surface area contributed by atoms with Crippen molar-refractivity contribution in [1.82, 2.24) is 4.98 Å². The molecule has 11 heavy (non-hydrogen) atoms. The molecule has 2 N–H and O–H groups in total. The zero-order chi connectivity index (χ0) is 8.27. The van der Waals surface area contributed by atoms with Crippen molar-refractivity contribution in [1.29, 1.82) is 0 Å². The van der Waals surface area contributed by atoms with E-state index in [2.05, 4.69) is 4.98 Å². The Labute approximate surface area is 71.4 Å². The van der Waals surface area contributed by atoms with E-state index in [-0.39, 0.29) is 0 Å². The van der Waals surface area contributed by atoms with E-state index in [9.17, 15) is 0 Å². The largest absolute Gasteiger partial charge is 0.330 e. The average molecular weight is 171 g/mol. The van der Waals surface area contributed by atoms with Gasteiger partial charge in [0.1, 0.15) is 5.15 Å². The van der Waals surface area contributed by atoms with E-state index in [1.54, 1.807) is 0 Å². The summed E-state index contributed by atoms with van der Waals surface area (Å²) < 4.78 is 0. The maximum absolute atomic E-state index is 5.73. The minimum absolute atomic E-state index is 0.549. The first-order valence-electron chi connectivity index (χ1n) is 3.55. The van der Waals surface area contributed by atoms with Crippen LogP contribution in [0.25, 0.3) is 0 Å². The molecule has 0 spiro atoms. The monoisotopic (exact) mass is 170 g/mol. The summed E-state index contributed by atoms with van der Waals surface area (Å²) in [4.78, 5) is 4.04. The Balaban J connectivity index is 2.89. The molecule has 0 aliphatic rings. The number of hydrogen-bond donors (Lipinski definition) is 1. The third kappa shape index (κ3) is 2.48. The standard InChI is InChI=1S/C8H11ClN2/c1-6-4-7(2-3-10)5-8(9)11-6/h4-5H,2-3,10H2,1H3. The second-order valence-electron chi connectivity index (χ2n) is 2.48. The van der Waals surface area contributed by atoms with E-state index in [1.807, 2.05) is 19.1 Å². The lowest BCUT2D eigenvalue weighted by Gasteiger charge is -2.00. The van der Waals surface area contributed by atoms with Crippen LogP contribution in [0.3, 0.4) is 0 Å². The topological polar surface area (TPSA) is 38.9 Å². The Bertz CT molecular complexity index is 228. The lowest BCUT2D eigenvalue weighted by atomic mass is 10.2. The van der Waals surface area contributed by atoms with Gasteiger partial charge < -0.3 is 5.73 Å². The minimum atomic E-state index is 0.549. The van der Waals surface area contributed by atoms with Gasteiger partial charge in [-0.25, -0.2) is 4.98 Å². The highest BCUT2D eigenvalue weighted by Crippen LogP contribution is 2.10. The van der Waals surface area contributed by atoms with Crippen LogP contribution in [0.1, 0.15) is 11.3 Å². The molecule has 0 fully saturated rings. The summed E-state index contributed by atoms with van der Waals surface area (Å²) in [5.41, 5.74) is 7.50. The van der Waals surface area contributed by atoms with Gasteiger partial charge in [-0.05, 0) is 37.6 Å². The third-order valence-electron chi connectivity index (χ3n) is 1.41. The molecule has 0 bridgehead atoms. The molecular weight excluding hydrogens is 160 g/mol. The van der Waals surface area contributed by atoms with Crippen molar-refractivity contribution in [2.24, 2.45) is 5.73 Å². The summed E-state index contributed by atoms with van der Waals surface area (Å²) in [7, 11) is 0. The minimum Gasteiger partial charge on any atom is -0.330 e. The van der Waals surface area contributed by atoms with Crippen LogP contribution in [0.2, 0.25) is 5.15 Å². The Morgan fingerprint density at radius 1 is 1.55 bits per heavy atom. The van der Waals surface area contributed by atoms with Crippen molar-refractivity contribution in [2.45, 2.75) is 13.3 Å². The molecule has 0 amide bonds. The van der Waals surface area contributed by atoms with Crippen molar-refractivity contribution < 1.29 is 0 Å². The molecule has 0 saturated carbocycles. The number of rotatable bonds is 2. The molecule has 0 aliphatic heterocycles. The number of nitrogens with zero attached hydrogens (tertiary/aromatic N) is 1. The van der Waals surface area contributed by atoms with E-state index < -0.39 is 0 Å². The van der Waals surface area contributed by atoms with Gasteiger partial charge in [0.15, 0.2) is 0 Å². The van der Waals surface area contributed by atoms with Crippen LogP contribution in [0, 0.1) is 6.92 Å². The van der Waals surface area contributed by atoms with Crippen LogP contribution in [0.4, 0.5) is 0 Å². The van der Waals surface area contributed by atoms with Gasteiger partial charge in [-0.2, -0.15) is 0 Å². The van der Waals surface area contributed by atoms with Crippen LogP contribution in [0.15, 0.2) is 12.1 Å². The molecule has 1 aromatic heterocycles. The fourth-order valence-corrected chi connectivity index (χ4v) is 1.28. The van der Waals surface area contributed by atoms with Gasteiger partial charge in [0.05, 0.1) is 0 Å². The van der Waals surface area contributed by atoms with Crippen molar-refractivity contribution >= 4 is 11.6 Å². The lowest BCUT2D eigenvalue weighted by molar-refractivity contribution is 0.958. The molecule has 0 aromatic carbocycles. The van der Waals surface area contributed by atoms with Crippen LogP contribution in [-0.2, 0) is 6.42 Å². The maximum Gasteiger partial charge on any atom is 0.129 e. The van der Waals surface area contributed by atoms with Crippen LogP contribution < -0.4 is 5.73 Å². The molecule has 2 nitrogen and oxygen atoms in total. The predicted octanol–water partition coefficient (Wildman–Crippen LogP) is 1.54. The molecule has 0 atom stereocenters. The van der Waals surface area contributed by atoms with Crippen molar-refractivity contribution in [3.63, 3.8) is 0 Å². The van der Waals surface area contributed by atoms with Gasteiger partial charge in [-0.15, -0.1) is 0 Å². The van der Waals surface area contributed by atoms with Gasteiger partial charge in [0.2, 0.25) is 0 Å². The summed E-state index contributed by atoms with van der Waals surface area (Å²) in [5.74, 6) is 0. The third-order valence-corrected chi connectivity index (χ3v) is 1.61. The number of aromatic nitrogens is 1. The zero-order valence-electron chi connectivity index (χ0n) is 6.47. The Morgan fingerprint density at radius 2 is 2.27 bits per heavy atom. The highest BCUT2D eigenvalue weighted by Gasteiger charge is 1.96.